The number of carbonyl (C=O) groups is 2. The fraction of sp³-hybridized carbons (Fsp3) is 0.417. The van der Waals surface area contributed by atoms with Crippen LogP contribution in [0.25, 0.3) is 0 Å². The monoisotopic (exact) mass is 426 g/mol. The van der Waals surface area contributed by atoms with Crippen LogP contribution in [0.2, 0.25) is 0 Å². The summed E-state index contributed by atoms with van der Waals surface area (Å²) in [5.74, 6) is 1.70. The highest BCUT2D eigenvalue weighted by atomic mass is 32.2. The van der Waals surface area contributed by atoms with Crippen LogP contribution in [0.5, 0.6) is 5.75 Å². The largest absolute Gasteiger partial charge is 0.494 e. The van der Waals surface area contributed by atoms with Crippen molar-refractivity contribution >= 4 is 29.3 Å². The van der Waals surface area contributed by atoms with Gasteiger partial charge < -0.3 is 15.0 Å². The van der Waals surface area contributed by atoms with E-state index in [9.17, 15) is 9.59 Å². The third-order valence-corrected chi connectivity index (χ3v) is 6.06. The van der Waals surface area contributed by atoms with E-state index in [1.165, 1.54) is 0 Å². The molecule has 2 amide bonds. The first-order chi connectivity index (χ1) is 14.7. The molecule has 0 aliphatic carbocycles. The van der Waals surface area contributed by atoms with E-state index in [-0.39, 0.29) is 24.7 Å². The van der Waals surface area contributed by atoms with Crippen LogP contribution in [0.3, 0.4) is 0 Å². The lowest BCUT2D eigenvalue weighted by molar-refractivity contribution is -0.125. The summed E-state index contributed by atoms with van der Waals surface area (Å²) in [6.45, 7) is 4.14. The highest BCUT2D eigenvalue weighted by Crippen LogP contribution is 2.34. The molecule has 0 fully saturated rings. The summed E-state index contributed by atoms with van der Waals surface area (Å²) < 4.78 is 5.66. The Morgan fingerprint density at radius 1 is 1.10 bits per heavy atom. The molecule has 1 heterocycles. The molecule has 3 rings (SSSR count). The van der Waals surface area contributed by atoms with Crippen molar-refractivity contribution in [1.29, 1.82) is 0 Å². The number of thioether (sulfide) groups is 1. The fourth-order valence-corrected chi connectivity index (χ4v) is 4.30. The van der Waals surface area contributed by atoms with Crippen LogP contribution in [-0.2, 0) is 16.0 Å². The van der Waals surface area contributed by atoms with Gasteiger partial charge in [-0.2, -0.15) is 0 Å². The smallest absolute Gasteiger partial charge is 0.227 e. The summed E-state index contributed by atoms with van der Waals surface area (Å²) in [6.07, 6.45) is 3.38. The van der Waals surface area contributed by atoms with Crippen LogP contribution in [0.4, 0.5) is 5.69 Å². The molecule has 0 atom stereocenters. The summed E-state index contributed by atoms with van der Waals surface area (Å²) in [5.41, 5.74) is 2.11. The minimum absolute atomic E-state index is 0.0107. The standard InChI is InChI=1S/C24H30N2O3S/c1-2-3-17-29-20-10-8-19(9-11-20)14-15-25-23(27)12-13-24(28)26-16-18-30-22-7-5-4-6-21(22)26/h4-11H,2-3,12-18H2,1H3,(H,25,27). The minimum Gasteiger partial charge on any atom is -0.494 e. The lowest BCUT2D eigenvalue weighted by Crippen LogP contribution is -2.36. The lowest BCUT2D eigenvalue weighted by Gasteiger charge is -2.29. The molecule has 0 unspecified atom stereocenters. The maximum atomic E-state index is 12.6. The third-order valence-electron chi connectivity index (χ3n) is 5.02. The summed E-state index contributed by atoms with van der Waals surface area (Å²) in [7, 11) is 0. The molecule has 0 spiro atoms. The van der Waals surface area contributed by atoms with E-state index < -0.39 is 0 Å². The van der Waals surface area contributed by atoms with Crippen LogP contribution < -0.4 is 15.0 Å². The average molecular weight is 427 g/mol. The van der Waals surface area contributed by atoms with Gasteiger partial charge in [0.05, 0.1) is 12.3 Å². The molecule has 2 aromatic rings. The second kappa shape index (κ2) is 11.6. The summed E-state index contributed by atoms with van der Waals surface area (Å²) >= 11 is 1.77. The lowest BCUT2D eigenvalue weighted by atomic mass is 10.1. The number of carbonyl (C=O) groups excluding carboxylic acids is 2. The number of fused-ring (bicyclic) bond motifs is 1. The van der Waals surface area contributed by atoms with Gasteiger partial charge in [0.1, 0.15) is 5.75 Å². The number of ether oxygens (including phenoxy) is 1. The van der Waals surface area contributed by atoms with Crippen LogP contribution in [0.1, 0.15) is 38.2 Å². The van der Waals surface area contributed by atoms with Crippen molar-refractivity contribution in [2.75, 3.05) is 30.3 Å². The van der Waals surface area contributed by atoms with Gasteiger partial charge in [-0.3, -0.25) is 9.59 Å². The number of hydrogen-bond acceptors (Lipinski definition) is 4. The normalized spacial score (nSPS) is 12.9. The Bertz CT molecular complexity index is 839. The van der Waals surface area contributed by atoms with Crippen molar-refractivity contribution in [3.05, 3.63) is 54.1 Å². The highest BCUT2D eigenvalue weighted by Gasteiger charge is 2.22. The number of benzene rings is 2. The molecule has 2 aromatic carbocycles. The zero-order valence-corrected chi connectivity index (χ0v) is 18.4. The third kappa shape index (κ3) is 6.52. The van der Waals surface area contributed by atoms with Crippen molar-refractivity contribution in [3.8, 4) is 5.75 Å². The predicted molar refractivity (Wildman–Crippen MR) is 122 cm³/mol. The van der Waals surface area contributed by atoms with Crippen molar-refractivity contribution in [2.45, 2.75) is 43.9 Å². The molecule has 6 heteroatoms. The second-order valence-electron chi connectivity index (χ2n) is 7.31. The van der Waals surface area contributed by atoms with Crippen molar-refractivity contribution in [1.82, 2.24) is 5.32 Å². The maximum absolute atomic E-state index is 12.6. The van der Waals surface area contributed by atoms with Crippen molar-refractivity contribution in [2.24, 2.45) is 0 Å². The Morgan fingerprint density at radius 2 is 1.90 bits per heavy atom. The molecule has 1 aliphatic rings. The van der Waals surface area contributed by atoms with Crippen LogP contribution >= 0.6 is 11.8 Å². The number of anilines is 1. The Balaban J connectivity index is 1.37. The van der Waals surface area contributed by atoms with E-state index in [4.69, 9.17) is 4.74 Å². The Kier molecular flexibility index (Phi) is 8.63. The number of hydrogen-bond donors (Lipinski definition) is 1. The highest BCUT2D eigenvalue weighted by molar-refractivity contribution is 7.99. The number of amides is 2. The average Bonchev–Trinajstić information content (AvgIpc) is 2.78. The Labute approximate surface area is 183 Å². The van der Waals surface area contributed by atoms with Gasteiger partial charge >= 0.3 is 0 Å². The summed E-state index contributed by atoms with van der Waals surface area (Å²) in [5, 5.41) is 2.92. The summed E-state index contributed by atoms with van der Waals surface area (Å²) in [4.78, 5) is 27.7. The molecule has 0 aromatic heterocycles. The van der Waals surface area contributed by atoms with Gasteiger partial charge in [-0.25, -0.2) is 0 Å². The van der Waals surface area contributed by atoms with E-state index in [1.54, 1.807) is 11.8 Å². The molecule has 30 heavy (non-hydrogen) atoms. The number of rotatable bonds is 10. The predicted octanol–water partition coefficient (Wildman–Crippen LogP) is 4.44. The molecule has 5 nitrogen and oxygen atoms in total. The van der Waals surface area contributed by atoms with Crippen molar-refractivity contribution < 1.29 is 14.3 Å². The van der Waals surface area contributed by atoms with Crippen LogP contribution in [0.15, 0.2) is 53.4 Å². The van der Waals surface area contributed by atoms with Gasteiger partial charge in [0, 0.05) is 36.6 Å². The molecule has 0 saturated heterocycles. The minimum atomic E-state index is -0.0810. The van der Waals surface area contributed by atoms with Gasteiger partial charge in [-0.15, -0.1) is 11.8 Å². The van der Waals surface area contributed by atoms with E-state index in [0.29, 0.717) is 13.1 Å². The van der Waals surface area contributed by atoms with Gasteiger partial charge in [-0.1, -0.05) is 37.6 Å². The Morgan fingerprint density at radius 3 is 2.70 bits per heavy atom. The fourth-order valence-electron chi connectivity index (χ4n) is 3.31. The number of nitrogens with zero attached hydrogens (tertiary/aromatic N) is 1. The molecule has 160 valence electrons. The quantitative estimate of drug-likeness (QED) is 0.571. The first kappa shape index (κ1) is 22.2. The summed E-state index contributed by atoms with van der Waals surface area (Å²) in [6, 6.07) is 15.9. The molecule has 0 bridgehead atoms. The molecular weight excluding hydrogens is 396 g/mol. The van der Waals surface area contributed by atoms with E-state index in [1.807, 2.05) is 53.4 Å². The second-order valence-corrected chi connectivity index (χ2v) is 8.44. The van der Waals surface area contributed by atoms with Gasteiger partial charge in [0.15, 0.2) is 0 Å². The zero-order valence-electron chi connectivity index (χ0n) is 17.6. The molecule has 1 N–H and O–H groups in total. The number of para-hydroxylation sites is 1. The number of nitrogens with one attached hydrogen (secondary N) is 1. The topological polar surface area (TPSA) is 58.6 Å². The number of unbranched alkanes of at least 4 members (excludes halogenated alkanes) is 1. The first-order valence-electron chi connectivity index (χ1n) is 10.7. The molecule has 0 radical (unpaired) electrons. The zero-order chi connectivity index (χ0) is 21.2. The molecule has 1 aliphatic heterocycles. The van der Waals surface area contributed by atoms with Crippen LogP contribution in [0, 0.1) is 0 Å². The van der Waals surface area contributed by atoms with Gasteiger partial charge in [-0.05, 0) is 42.7 Å². The molecule has 0 saturated carbocycles. The van der Waals surface area contributed by atoms with E-state index in [0.717, 1.165) is 53.5 Å². The SMILES string of the molecule is CCCCOc1ccc(CCNC(=O)CCC(=O)N2CCSc3ccccc32)cc1. The van der Waals surface area contributed by atoms with Gasteiger partial charge in [0.2, 0.25) is 11.8 Å². The van der Waals surface area contributed by atoms with Crippen molar-refractivity contribution in [3.63, 3.8) is 0 Å². The first-order valence-corrected chi connectivity index (χ1v) is 11.7. The van der Waals surface area contributed by atoms with E-state index in [2.05, 4.69) is 12.2 Å². The van der Waals surface area contributed by atoms with Crippen LogP contribution in [-0.4, -0.2) is 37.3 Å². The Hall–Kier alpha value is -2.47. The van der Waals surface area contributed by atoms with E-state index >= 15 is 0 Å². The van der Waals surface area contributed by atoms with Gasteiger partial charge in [0.25, 0.3) is 0 Å². The molecular formula is C24H30N2O3S. The maximum Gasteiger partial charge on any atom is 0.227 e.